The van der Waals surface area contributed by atoms with Gasteiger partial charge in [0.15, 0.2) is 6.61 Å². The predicted octanol–water partition coefficient (Wildman–Crippen LogP) is 2.90. The molecule has 0 fully saturated rings. The number of ether oxygens (including phenoxy) is 1. The lowest BCUT2D eigenvalue weighted by molar-refractivity contribution is -0.125. The third kappa shape index (κ3) is 5.21. The summed E-state index contributed by atoms with van der Waals surface area (Å²) in [5.41, 5.74) is 1.42. The molecule has 0 aliphatic heterocycles. The lowest BCUT2D eigenvalue weighted by Crippen LogP contribution is -2.32. The molecule has 1 heterocycles. The van der Waals surface area contributed by atoms with Crippen LogP contribution in [-0.4, -0.2) is 23.5 Å². The van der Waals surface area contributed by atoms with Crippen molar-refractivity contribution in [3.8, 4) is 0 Å². The Balaban J connectivity index is 1.88. The topological polar surface area (TPSA) is 68.3 Å². The number of carbonyl (C=O) groups is 2. The van der Waals surface area contributed by atoms with E-state index in [2.05, 4.69) is 17.2 Å². The predicted molar refractivity (Wildman–Crippen MR) is 86.8 cm³/mol. The summed E-state index contributed by atoms with van der Waals surface area (Å²) >= 11 is 0. The summed E-state index contributed by atoms with van der Waals surface area (Å²) in [5, 5.41) is 2.91. The van der Waals surface area contributed by atoms with Gasteiger partial charge < -0.3 is 10.1 Å². The van der Waals surface area contributed by atoms with Crippen LogP contribution in [0.4, 0.5) is 0 Å². The maximum atomic E-state index is 12.0. The number of aromatic nitrogens is 1. The van der Waals surface area contributed by atoms with E-state index in [0.29, 0.717) is 5.56 Å². The molecule has 2 rings (SSSR count). The van der Waals surface area contributed by atoms with Crippen molar-refractivity contribution in [2.45, 2.75) is 25.8 Å². The van der Waals surface area contributed by atoms with Gasteiger partial charge in [-0.25, -0.2) is 4.79 Å². The molecule has 5 nitrogen and oxygen atoms in total. The molecule has 0 saturated heterocycles. The van der Waals surface area contributed by atoms with Crippen molar-refractivity contribution >= 4 is 11.9 Å². The largest absolute Gasteiger partial charge is 0.452 e. The van der Waals surface area contributed by atoms with E-state index in [-0.39, 0.29) is 18.6 Å². The minimum absolute atomic E-state index is 0.0756. The molecule has 23 heavy (non-hydrogen) atoms. The number of esters is 1. The summed E-state index contributed by atoms with van der Waals surface area (Å²) in [5.74, 6) is -0.844. The molecule has 0 bridgehead atoms. The van der Waals surface area contributed by atoms with Crippen molar-refractivity contribution in [3.63, 3.8) is 0 Å². The van der Waals surface area contributed by atoms with Gasteiger partial charge in [0.05, 0.1) is 11.6 Å². The van der Waals surface area contributed by atoms with E-state index >= 15 is 0 Å². The SMILES string of the molecule is CCC[C@@H](NC(=O)COC(=O)c1ccncc1)c1ccccc1. The zero-order chi connectivity index (χ0) is 16.5. The van der Waals surface area contributed by atoms with Crippen molar-refractivity contribution in [1.29, 1.82) is 0 Å². The van der Waals surface area contributed by atoms with Crippen LogP contribution in [0.5, 0.6) is 0 Å². The minimum Gasteiger partial charge on any atom is -0.452 e. The molecule has 1 atom stereocenters. The first-order chi connectivity index (χ1) is 11.2. The second-order valence-corrected chi connectivity index (χ2v) is 5.13. The molecule has 0 radical (unpaired) electrons. The van der Waals surface area contributed by atoms with E-state index in [1.54, 1.807) is 12.1 Å². The molecule has 0 aliphatic carbocycles. The fourth-order valence-corrected chi connectivity index (χ4v) is 2.23. The van der Waals surface area contributed by atoms with Gasteiger partial charge in [-0.2, -0.15) is 0 Å². The first-order valence-electron chi connectivity index (χ1n) is 7.62. The Morgan fingerprint density at radius 3 is 2.48 bits per heavy atom. The van der Waals surface area contributed by atoms with Crippen LogP contribution in [0.25, 0.3) is 0 Å². The fraction of sp³-hybridized carbons (Fsp3) is 0.278. The van der Waals surface area contributed by atoms with Gasteiger partial charge in [-0.1, -0.05) is 43.7 Å². The summed E-state index contributed by atoms with van der Waals surface area (Å²) in [6.07, 6.45) is 4.78. The summed E-state index contributed by atoms with van der Waals surface area (Å²) in [6.45, 7) is 1.76. The zero-order valence-electron chi connectivity index (χ0n) is 13.1. The van der Waals surface area contributed by atoms with Crippen LogP contribution in [0.2, 0.25) is 0 Å². The Morgan fingerprint density at radius 2 is 1.83 bits per heavy atom. The number of amides is 1. The molecule has 1 aromatic heterocycles. The van der Waals surface area contributed by atoms with Crippen molar-refractivity contribution in [2.75, 3.05) is 6.61 Å². The molecule has 0 saturated carbocycles. The highest BCUT2D eigenvalue weighted by atomic mass is 16.5. The van der Waals surface area contributed by atoms with E-state index in [1.165, 1.54) is 12.4 Å². The number of nitrogens with zero attached hydrogens (tertiary/aromatic N) is 1. The quantitative estimate of drug-likeness (QED) is 0.798. The highest BCUT2D eigenvalue weighted by Gasteiger charge is 2.15. The van der Waals surface area contributed by atoms with E-state index < -0.39 is 5.97 Å². The molecule has 1 aromatic carbocycles. The molecule has 0 spiro atoms. The zero-order valence-corrected chi connectivity index (χ0v) is 13.1. The first kappa shape index (κ1) is 16.7. The lowest BCUT2D eigenvalue weighted by atomic mass is 10.0. The summed E-state index contributed by atoms with van der Waals surface area (Å²) in [6, 6.07) is 12.8. The molecule has 120 valence electrons. The average Bonchev–Trinajstić information content (AvgIpc) is 2.61. The number of benzene rings is 1. The van der Waals surface area contributed by atoms with Gasteiger partial charge in [-0.15, -0.1) is 0 Å². The van der Waals surface area contributed by atoms with Crippen LogP contribution < -0.4 is 5.32 Å². The number of hydrogen-bond acceptors (Lipinski definition) is 4. The van der Waals surface area contributed by atoms with Crippen LogP contribution in [-0.2, 0) is 9.53 Å². The number of carbonyl (C=O) groups excluding carboxylic acids is 2. The van der Waals surface area contributed by atoms with E-state index in [4.69, 9.17) is 4.74 Å². The fourth-order valence-electron chi connectivity index (χ4n) is 2.23. The molecule has 1 N–H and O–H groups in total. The van der Waals surface area contributed by atoms with E-state index in [0.717, 1.165) is 18.4 Å². The van der Waals surface area contributed by atoms with Gasteiger partial charge in [-0.3, -0.25) is 9.78 Å². The maximum Gasteiger partial charge on any atom is 0.338 e. The Hall–Kier alpha value is -2.69. The van der Waals surface area contributed by atoms with Gasteiger partial charge in [0.25, 0.3) is 5.91 Å². The van der Waals surface area contributed by atoms with Crippen molar-refractivity contribution in [1.82, 2.24) is 10.3 Å². The second-order valence-electron chi connectivity index (χ2n) is 5.13. The van der Waals surface area contributed by atoms with Crippen LogP contribution >= 0.6 is 0 Å². The minimum atomic E-state index is -0.533. The van der Waals surface area contributed by atoms with E-state index in [9.17, 15) is 9.59 Å². The standard InChI is InChI=1S/C18H20N2O3/c1-2-6-16(14-7-4-3-5-8-14)20-17(21)13-23-18(22)15-9-11-19-12-10-15/h3-5,7-12,16H,2,6,13H2,1H3,(H,20,21)/t16-/m1/s1. The molecule has 1 amide bonds. The van der Waals surface area contributed by atoms with Crippen molar-refractivity contribution < 1.29 is 14.3 Å². The van der Waals surface area contributed by atoms with Crippen LogP contribution in [0.15, 0.2) is 54.9 Å². The van der Waals surface area contributed by atoms with Gasteiger partial charge in [0, 0.05) is 12.4 Å². The van der Waals surface area contributed by atoms with Gasteiger partial charge in [0.2, 0.25) is 0 Å². The molecule has 2 aromatic rings. The van der Waals surface area contributed by atoms with Crippen LogP contribution in [0, 0.1) is 0 Å². The number of nitrogens with one attached hydrogen (secondary N) is 1. The van der Waals surface area contributed by atoms with Gasteiger partial charge in [-0.05, 0) is 24.1 Å². The first-order valence-corrected chi connectivity index (χ1v) is 7.62. The van der Waals surface area contributed by atoms with Gasteiger partial charge >= 0.3 is 5.97 Å². The molecule has 5 heteroatoms. The summed E-state index contributed by atoms with van der Waals surface area (Å²) < 4.78 is 5.03. The smallest absolute Gasteiger partial charge is 0.338 e. The normalized spacial score (nSPS) is 11.5. The third-order valence-corrected chi connectivity index (χ3v) is 3.36. The second kappa shape index (κ2) is 8.68. The van der Waals surface area contributed by atoms with Crippen LogP contribution in [0.3, 0.4) is 0 Å². The van der Waals surface area contributed by atoms with E-state index in [1.807, 2.05) is 30.3 Å². The highest BCUT2D eigenvalue weighted by molar-refractivity contribution is 5.91. The van der Waals surface area contributed by atoms with Crippen molar-refractivity contribution in [2.24, 2.45) is 0 Å². The molecule has 0 unspecified atom stereocenters. The Kier molecular flexibility index (Phi) is 6.29. The number of pyridine rings is 1. The average molecular weight is 312 g/mol. The maximum absolute atomic E-state index is 12.0. The van der Waals surface area contributed by atoms with Crippen molar-refractivity contribution in [3.05, 3.63) is 66.0 Å². The third-order valence-electron chi connectivity index (χ3n) is 3.36. The Morgan fingerprint density at radius 1 is 1.13 bits per heavy atom. The summed E-state index contributed by atoms with van der Waals surface area (Å²) in [7, 11) is 0. The lowest BCUT2D eigenvalue weighted by Gasteiger charge is -2.18. The molecule has 0 aliphatic rings. The van der Waals surface area contributed by atoms with Crippen LogP contribution in [0.1, 0.15) is 41.7 Å². The highest BCUT2D eigenvalue weighted by Crippen LogP contribution is 2.17. The number of rotatable bonds is 7. The Bertz CT molecular complexity index is 629. The van der Waals surface area contributed by atoms with Gasteiger partial charge in [0.1, 0.15) is 0 Å². The molecular weight excluding hydrogens is 292 g/mol. The monoisotopic (exact) mass is 312 g/mol. The summed E-state index contributed by atoms with van der Waals surface area (Å²) in [4.78, 5) is 27.7. The Labute approximate surface area is 135 Å². The number of hydrogen-bond donors (Lipinski definition) is 1. The molecular formula is C18H20N2O3.